The maximum Gasteiger partial charge on any atom is 0.260 e. The van der Waals surface area contributed by atoms with Crippen LogP contribution in [0.3, 0.4) is 0 Å². The van der Waals surface area contributed by atoms with Crippen LogP contribution in [-0.2, 0) is 6.54 Å². The fraction of sp³-hybridized carbons (Fsp3) is 0.310. The van der Waals surface area contributed by atoms with Gasteiger partial charge in [0.25, 0.3) is 5.56 Å². The highest BCUT2D eigenvalue weighted by molar-refractivity contribution is 8.00. The SMILES string of the molecule is CCn1c(=O)c(-c2ccc(C3C=NCS3)cc2Cl)cc2cnc(Nc3ccc(N4CCNCC4)c(C)c3)nc21. The standard InChI is InChI=1S/C29H30ClN7OS/c1-3-37-27-20(13-23(28(37)38)22-6-4-19(14-24(22)30)26-16-32-17-39-26)15-33-29(35-27)34-21-5-7-25(18(2)12-21)36-10-8-31-9-11-36/h4-7,12-16,26,31H,3,8-11,17H2,1-2H3,(H,33,34,35). The number of anilines is 3. The summed E-state index contributed by atoms with van der Waals surface area (Å²) >= 11 is 8.45. The average molecular weight is 560 g/mol. The molecule has 0 saturated carbocycles. The van der Waals surface area contributed by atoms with Gasteiger partial charge < -0.3 is 15.5 Å². The Hall–Kier alpha value is -3.40. The molecule has 39 heavy (non-hydrogen) atoms. The molecular formula is C29H30ClN7OS. The van der Waals surface area contributed by atoms with E-state index in [9.17, 15) is 4.79 Å². The summed E-state index contributed by atoms with van der Waals surface area (Å²) in [6.07, 6.45) is 3.71. The first-order valence-corrected chi connectivity index (χ1v) is 14.6. The van der Waals surface area contributed by atoms with E-state index in [0.717, 1.165) is 48.7 Å². The number of hydrogen-bond acceptors (Lipinski definition) is 8. The summed E-state index contributed by atoms with van der Waals surface area (Å²) < 4.78 is 1.68. The van der Waals surface area contributed by atoms with Crippen molar-refractivity contribution in [2.45, 2.75) is 25.6 Å². The van der Waals surface area contributed by atoms with Crippen LogP contribution in [0.4, 0.5) is 17.3 Å². The van der Waals surface area contributed by atoms with Gasteiger partial charge in [0.05, 0.1) is 11.1 Å². The number of aryl methyl sites for hydroxylation is 2. The Bertz CT molecular complexity index is 1630. The maximum absolute atomic E-state index is 13.6. The topological polar surface area (TPSA) is 87.4 Å². The van der Waals surface area contributed by atoms with Crippen molar-refractivity contribution in [1.29, 1.82) is 0 Å². The lowest BCUT2D eigenvalue weighted by atomic mass is 10.0. The molecule has 0 spiro atoms. The van der Waals surface area contributed by atoms with Crippen molar-refractivity contribution in [3.8, 4) is 11.1 Å². The molecule has 2 aromatic carbocycles. The summed E-state index contributed by atoms with van der Waals surface area (Å²) in [6, 6.07) is 14.0. The van der Waals surface area contributed by atoms with Crippen molar-refractivity contribution in [2.75, 3.05) is 42.3 Å². The monoisotopic (exact) mass is 559 g/mol. The normalized spacial score (nSPS) is 17.2. The van der Waals surface area contributed by atoms with Gasteiger partial charge >= 0.3 is 0 Å². The molecule has 2 N–H and O–H groups in total. The van der Waals surface area contributed by atoms with E-state index in [4.69, 9.17) is 16.6 Å². The Kier molecular flexibility index (Phi) is 7.29. The van der Waals surface area contributed by atoms with Gasteiger partial charge in [-0.25, -0.2) is 4.98 Å². The van der Waals surface area contributed by atoms with E-state index in [2.05, 4.69) is 50.6 Å². The largest absolute Gasteiger partial charge is 0.369 e. The zero-order valence-electron chi connectivity index (χ0n) is 21.9. The van der Waals surface area contributed by atoms with Crippen LogP contribution in [0, 0.1) is 6.92 Å². The van der Waals surface area contributed by atoms with E-state index < -0.39 is 0 Å². The fourth-order valence-electron chi connectivity index (χ4n) is 5.24. The lowest BCUT2D eigenvalue weighted by Crippen LogP contribution is -2.43. The van der Waals surface area contributed by atoms with Crippen molar-refractivity contribution in [3.05, 3.63) is 75.2 Å². The molecule has 2 aliphatic heterocycles. The van der Waals surface area contributed by atoms with Gasteiger partial charge in [-0.2, -0.15) is 4.98 Å². The summed E-state index contributed by atoms with van der Waals surface area (Å²) in [7, 11) is 0. The predicted octanol–water partition coefficient (Wildman–Crippen LogP) is 5.41. The summed E-state index contributed by atoms with van der Waals surface area (Å²) in [6.45, 7) is 8.54. The smallest absolute Gasteiger partial charge is 0.260 e. The van der Waals surface area contributed by atoms with Crippen LogP contribution in [0.15, 0.2) is 58.4 Å². The highest BCUT2D eigenvalue weighted by atomic mass is 35.5. The molecule has 1 saturated heterocycles. The quantitative estimate of drug-likeness (QED) is 0.326. The third-order valence-corrected chi connectivity index (χ3v) is 8.60. The van der Waals surface area contributed by atoms with Crippen molar-refractivity contribution in [1.82, 2.24) is 19.9 Å². The number of nitrogens with zero attached hydrogens (tertiary/aromatic N) is 5. The van der Waals surface area contributed by atoms with Crippen LogP contribution in [0.25, 0.3) is 22.2 Å². The minimum atomic E-state index is -0.127. The van der Waals surface area contributed by atoms with Gasteiger partial charge in [0.1, 0.15) is 5.65 Å². The number of thioether (sulfide) groups is 1. The van der Waals surface area contributed by atoms with Crippen molar-refractivity contribution in [3.63, 3.8) is 0 Å². The van der Waals surface area contributed by atoms with Gasteiger partial charge in [-0.15, -0.1) is 11.8 Å². The molecule has 8 nitrogen and oxygen atoms in total. The average Bonchev–Trinajstić information content (AvgIpc) is 3.49. The Balaban J connectivity index is 1.31. The molecule has 1 fully saturated rings. The number of nitrogens with one attached hydrogen (secondary N) is 2. The van der Waals surface area contributed by atoms with E-state index in [0.29, 0.717) is 34.3 Å². The minimum Gasteiger partial charge on any atom is -0.369 e. The molecule has 0 bridgehead atoms. The summed E-state index contributed by atoms with van der Waals surface area (Å²) in [5.74, 6) is 1.21. The molecule has 4 aromatic rings. The first-order valence-electron chi connectivity index (χ1n) is 13.2. The number of halogens is 1. The molecule has 0 aliphatic carbocycles. The summed E-state index contributed by atoms with van der Waals surface area (Å²) in [5.41, 5.74) is 6.14. The van der Waals surface area contributed by atoms with Gasteiger partial charge in [0.2, 0.25) is 5.95 Å². The number of rotatable bonds is 6. The van der Waals surface area contributed by atoms with Crippen molar-refractivity contribution in [2.24, 2.45) is 4.99 Å². The zero-order chi connectivity index (χ0) is 26.9. The van der Waals surface area contributed by atoms with E-state index in [1.165, 1.54) is 11.3 Å². The number of piperazine rings is 1. The number of benzene rings is 2. The molecule has 1 atom stereocenters. The number of pyridine rings is 1. The van der Waals surface area contributed by atoms with Crippen LogP contribution in [0.5, 0.6) is 0 Å². The molecular weight excluding hydrogens is 530 g/mol. The fourth-order valence-corrected chi connectivity index (χ4v) is 6.38. The van der Waals surface area contributed by atoms with Gasteiger partial charge in [-0.3, -0.25) is 14.4 Å². The van der Waals surface area contributed by atoms with Gasteiger partial charge in [0.15, 0.2) is 0 Å². The zero-order valence-corrected chi connectivity index (χ0v) is 23.5. The number of aliphatic imine (C=N–C) groups is 1. The third-order valence-electron chi connectivity index (χ3n) is 7.24. The Morgan fingerprint density at radius 2 is 1.97 bits per heavy atom. The van der Waals surface area contributed by atoms with Gasteiger partial charge in [-0.1, -0.05) is 23.7 Å². The van der Waals surface area contributed by atoms with Crippen LogP contribution >= 0.6 is 23.4 Å². The second-order valence-corrected chi connectivity index (χ2v) is 11.2. The number of aromatic nitrogens is 3. The lowest BCUT2D eigenvalue weighted by Gasteiger charge is -2.30. The molecule has 2 aliphatic rings. The van der Waals surface area contributed by atoms with Crippen LogP contribution in [0.2, 0.25) is 5.02 Å². The molecule has 0 amide bonds. The maximum atomic E-state index is 13.6. The molecule has 0 radical (unpaired) electrons. The van der Waals surface area contributed by atoms with Crippen LogP contribution < -0.4 is 21.1 Å². The van der Waals surface area contributed by atoms with Gasteiger partial charge in [0, 0.05) is 78.0 Å². The number of fused-ring (bicyclic) bond motifs is 1. The molecule has 4 heterocycles. The first-order chi connectivity index (χ1) is 19.0. The first kappa shape index (κ1) is 25.9. The lowest BCUT2D eigenvalue weighted by molar-refractivity contribution is 0.588. The highest BCUT2D eigenvalue weighted by Crippen LogP contribution is 2.36. The third kappa shape index (κ3) is 5.14. The van der Waals surface area contributed by atoms with Crippen molar-refractivity contribution >= 4 is 57.9 Å². The Morgan fingerprint density at radius 1 is 1.13 bits per heavy atom. The van der Waals surface area contributed by atoms with E-state index in [1.54, 1.807) is 22.5 Å². The summed E-state index contributed by atoms with van der Waals surface area (Å²) in [4.78, 5) is 29.6. The van der Waals surface area contributed by atoms with E-state index in [-0.39, 0.29) is 10.8 Å². The van der Waals surface area contributed by atoms with Crippen molar-refractivity contribution < 1.29 is 0 Å². The highest BCUT2D eigenvalue weighted by Gasteiger charge is 2.19. The second kappa shape index (κ2) is 11.0. The molecule has 2 aromatic heterocycles. The number of hydrogen-bond donors (Lipinski definition) is 2. The molecule has 10 heteroatoms. The molecule has 6 rings (SSSR count). The van der Waals surface area contributed by atoms with Gasteiger partial charge in [-0.05, 0) is 55.3 Å². The summed E-state index contributed by atoms with van der Waals surface area (Å²) in [5, 5.41) is 8.24. The Morgan fingerprint density at radius 3 is 2.69 bits per heavy atom. The van der Waals surface area contributed by atoms with Crippen LogP contribution in [-0.4, -0.2) is 52.8 Å². The molecule has 200 valence electrons. The predicted molar refractivity (Wildman–Crippen MR) is 163 cm³/mol. The minimum absolute atomic E-state index is 0.127. The molecule has 1 unspecified atom stereocenters. The van der Waals surface area contributed by atoms with E-state index >= 15 is 0 Å². The Labute approximate surface area is 236 Å². The van der Waals surface area contributed by atoms with E-state index in [1.807, 2.05) is 37.4 Å². The second-order valence-electron chi connectivity index (χ2n) is 9.73. The van der Waals surface area contributed by atoms with Crippen LogP contribution in [0.1, 0.15) is 23.3 Å².